The van der Waals surface area contributed by atoms with Gasteiger partial charge in [0.2, 0.25) is 0 Å². The maximum atomic E-state index is 12.2. The average molecular weight is 281 g/mol. The molecule has 2 fully saturated rings. The number of morpholine rings is 1. The van der Waals surface area contributed by atoms with Crippen LogP contribution in [-0.2, 0) is 10.3 Å². The molecule has 1 saturated heterocycles. The maximum Gasteiger partial charge on any atom is 0.318 e. The molecule has 1 saturated carbocycles. The van der Waals surface area contributed by atoms with Gasteiger partial charge in [-0.2, -0.15) is 0 Å². The highest BCUT2D eigenvalue weighted by Crippen LogP contribution is 2.45. The van der Waals surface area contributed by atoms with E-state index in [9.17, 15) is 4.79 Å². The normalized spacial score (nSPS) is 21.0. The standard InChI is InChI=1S/C14H17ClN2O2/c15-12-3-1-11(2-4-12)14(5-6-14)16-13(18)17-7-9-19-10-8-17/h1-4H,5-10H2,(H,16,18). The Hall–Kier alpha value is -1.26. The van der Waals surface area contributed by atoms with Gasteiger partial charge in [0.1, 0.15) is 0 Å². The molecule has 1 N–H and O–H groups in total. The molecule has 1 aromatic rings. The molecule has 0 aromatic heterocycles. The van der Waals surface area contributed by atoms with E-state index < -0.39 is 0 Å². The Morgan fingerprint density at radius 1 is 1.21 bits per heavy atom. The van der Waals surface area contributed by atoms with Crippen LogP contribution in [0.3, 0.4) is 0 Å². The van der Waals surface area contributed by atoms with E-state index in [1.807, 2.05) is 29.2 Å². The molecule has 3 rings (SSSR count). The Labute approximate surface area is 117 Å². The Bertz CT molecular complexity index is 465. The molecule has 0 unspecified atom stereocenters. The predicted octanol–water partition coefficient (Wildman–Crippen LogP) is 2.37. The SMILES string of the molecule is O=C(NC1(c2ccc(Cl)cc2)CC1)N1CCOCC1. The molecule has 4 nitrogen and oxygen atoms in total. The second-order valence-corrected chi connectivity index (χ2v) is 5.56. The summed E-state index contributed by atoms with van der Waals surface area (Å²) in [6, 6.07) is 7.75. The second-order valence-electron chi connectivity index (χ2n) is 5.12. The van der Waals surface area contributed by atoms with Crippen molar-refractivity contribution in [1.82, 2.24) is 10.2 Å². The van der Waals surface area contributed by atoms with Crippen molar-refractivity contribution < 1.29 is 9.53 Å². The molecule has 0 spiro atoms. The van der Waals surface area contributed by atoms with E-state index in [4.69, 9.17) is 16.3 Å². The molecule has 2 amide bonds. The van der Waals surface area contributed by atoms with Crippen LogP contribution in [0.25, 0.3) is 0 Å². The van der Waals surface area contributed by atoms with Gasteiger partial charge in [-0.1, -0.05) is 23.7 Å². The number of rotatable bonds is 2. The number of benzene rings is 1. The number of urea groups is 1. The van der Waals surface area contributed by atoms with Gasteiger partial charge >= 0.3 is 6.03 Å². The van der Waals surface area contributed by atoms with Crippen molar-refractivity contribution in [3.05, 3.63) is 34.9 Å². The van der Waals surface area contributed by atoms with E-state index in [2.05, 4.69) is 5.32 Å². The molecule has 19 heavy (non-hydrogen) atoms. The lowest BCUT2D eigenvalue weighted by atomic mass is 10.1. The first-order chi connectivity index (χ1) is 9.20. The van der Waals surface area contributed by atoms with E-state index in [1.165, 1.54) is 0 Å². The monoisotopic (exact) mass is 280 g/mol. The van der Waals surface area contributed by atoms with Crippen LogP contribution < -0.4 is 5.32 Å². The third-order valence-corrected chi connectivity index (χ3v) is 4.04. The van der Waals surface area contributed by atoms with Crippen LogP contribution in [0.4, 0.5) is 4.79 Å². The number of hydrogen-bond donors (Lipinski definition) is 1. The summed E-state index contributed by atoms with van der Waals surface area (Å²) in [5.41, 5.74) is 0.957. The number of amides is 2. The minimum absolute atomic E-state index is 0.00995. The van der Waals surface area contributed by atoms with Gasteiger partial charge in [-0.05, 0) is 30.5 Å². The topological polar surface area (TPSA) is 41.6 Å². The smallest absolute Gasteiger partial charge is 0.318 e. The van der Waals surface area contributed by atoms with E-state index in [0.717, 1.165) is 23.4 Å². The number of carbonyl (C=O) groups is 1. The summed E-state index contributed by atoms with van der Waals surface area (Å²) in [5, 5.41) is 3.88. The highest BCUT2D eigenvalue weighted by Gasteiger charge is 2.46. The number of hydrogen-bond acceptors (Lipinski definition) is 2. The van der Waals surface area contributed by atoms with Crippen LogP contribution >= 0.6 is 11.6 Å². The molecule has 5 heteroatoms. The van der Waals surface area contributed by atoms with E-state index in [-0.39, 0.29) is 11.6 Å². The van der Waals surface area contributed by atoms with Gasteiger partial charge in [0.15, 0.2) is 0 Å². The van der Waals surface area contributed by atoms with Crippen LogP contribution in [0.5, 0.6) is 0 Å². The lowest BCUT2D eigenvalue weighted by Gasteiger charge is -2.29. The molecule has 1 aliphatic carbocycles. The second kappa shape index (κ2) is 5.02. The molecular formula is C14H17ClN2O2. The highest BCUT2D eigenvalue weighted by molar-refractivity contribution is 6.30. The highest BCUT2D eigenvalue weighted by atomic mass is 35.5. The van der Waals surface area contributed by atoms with Crippen molar-refractivity contribution in [2.45, 2.75) is 18.4 Å². The Balaban J connectivity index is 1.68. The molecule has 0 radical (unpaired) electrons. The lowest BCUT2D eigenvalue weighted by Crippen LogP contribution is -2.49. The van der Waals surface area contributed by atoms with E-state index in [0.29, 0.717) is 26.3 Å². The minimum atomic E-state index is -0.181. The van der Waals surface area contributed by atoms with Crippen molar-refractivity contribution in [3.8, 4) is 0 Å². The summed E-state index contributed by atoms with van der Waals surface area (Å²) in [6.45, 7) is 2.59. The third kappa shape index (κ3) is 2.69. The summed E-state index contributed by atoms with van der Waals surface area (Å²) >= 11 is 5.90. The lowest BCUT2D eigenvalue weighted by molar-refractivity contribution is 0.0522. The first kappa shape index (κ1) is 12.8. The number of ether oxygens (including phenoxy) is 1. The number of nitrogens with one attached hydrogen (secondary N) is 1. The summed E-state index contributed by atoms with van der Waals surface area (Å²) in [6.07, 6.45) is 1.98. The Kier molecular flexibility index (Phi) is 3.37. The van der Waals surface area contributed by atoms with Crippen molar-refractivity contribution in [2.75, 3.05) is 26.3 Å². The number of carbonyl (C=O) groups excluding carboxylic acids is 1. The zero-order valence-corrected chi connectivity index (χ0v) is 11.4. The summed E-state index contributed by atoms with van der Waals surface area (Å²) < 4.78 is 5.26. The average Bonchev–Trinajstić information content (AvgIpc) is 3.21. The largest absolute Gasteiger partial charge is 0.378 e. The fourth-order valence-corrected chi connectivity index (χ4v) is 2.56. The van der Waals surface area contributed by atoms with Crippen molar-refractivity contribution in [2.24, 2.45) is 0 Å². The molecule has 102 valence electrons. The van der Waals surface area contributed by atoms with Crippen LogP contribution in [-0.4, -0.2) is 37.2 Å². The van der Waals surface area contributed by atoms with Crippen molar-refractivity contribution >= 4 is 17.6 Å². The van der Waals surface area contributed by atoms with Gasteiger partial charge in [-0.3, -0.25) is 0 Å². The zero-order valence-electron chi connectivity index (χ0n) is 10.7. The van der Waals surface area contributed by atoms with Crippen molar-refractivity contribution in [1.29, 1.82) is 0 Å². The molecule has 1 heterocycles. The first-order valence-electron chi connectivity index (χ1n) is 6.60. The quantitative estimate of drug-likeness (QED) is 0.904. The predicted molar refractivity (Wildman–Crippen MR) is 73.3 cm³/mol. The van der Waals surface area contributed by atoms with Crippen LogP contribution in [0.1, 0.15) is 18.4 Å². The molecular weight excluding hydrogens is 264 g/mol. The fourth-order valence-electron chi connectivity index (χ4n) is 2.43. The van der Waals surface area contributed by atoms with Crippen LogP contribution in [0.15, 0.2) is 24.3 Å². The summed E-state index contributed by atoms with van der Waals surface area (Å²) in [5.74, 6) is 0. The third-order valence-electron chi connectivity index (χ3n) is 3.79. The van der Waals surface area contributed by atoms with Gasteiger partial charge in [-0.15, -0.1) is 0 Å². The van der Waals surface area contributed by atoms with Gasteiger partial charge in [0.05, 0.1) is 18.8 Å². The fraction of sp³-hybridized carbons (Fsp3) is 0.500. The minimum Gasteiger partial charge on any atom is -0.378 e. The molecule has 1 aliphatic heterocycles. The number of halogens is 1. The molecule has 0 atom stereocenters. The Morgan fingerprint density at radius 3 is 2.42 bits per heavy atom. The maximum absolute atomic E-state index is 12.2. The van der Waals surface area contributed by atoms with Crippen LogP contribution in [0.2, 0.25) is 5.02 Å². The van der Waals surface area contributed by atoms with Gasteiger partial charge in [-0.25, -0.2) is 4.79 Å². The zero-order chi connectivity index (χ0) is 13.3. The van der Waals surface area contributed by atoms with Crippen molar-refractivity contribution in [3.63, 3.8) is 0 Å². The summed E-state index contributed by atoms with van der Waals surface area (Å²) in [4.78, 5) is 14.0. The number of nitrogens with zero attached hydrogens (tertiary/aromatic N) is 1. The molecule has 1 aromatic carbocycles. The van der Waals surface area contributed by atoms with Crippen LogP contribution in [0, 0.1) is 0 Å². The van der Waals surface area contributed by atoms with E-state index >= 15 is 0 Å². The van der Waals surface area contributed by atoms with Gasteiger partial charge in [0.25, 0.3) is 0 Å². The molecule has 0 bridgehead atoms. The summed E-state index contributed by atoms with van der Waals surface area (Å²) in [7, 11) is 0. The van der Waals surface area contributed by atoms with Gasteiger partial charge in [0, 0.05) is 18.1 Å². The Morgan fingerprint density at radius 2 is 1.84 bits per heavy atom. The van der Waals surface area contributed by atoms with Gasteiger partial charge < -0.3 is 15.0 Å². The first-order valence-corrected chi connectivity index (χ1v) is 6.98. The molecule has 2 aliphatic rings. The van der Waals surface area contributed by atoms with E-state index in [1.54, 1.807) is 0 Å².